The molecule has 30 heavy (non-hydrogen) atoms. The van der Waals surface area contributed by atoms with Crippen molar-refractivity contribution in [2.45, 2.75) is 52.6 Å². The van der Waals surface area contributed by atoms with Crippen LogP contribution in [-0.2, 0) is 9.59 Å². The summed E-state index contributed by atoms with van der Waals surface area (Å²) in [6.45, 7) is 7.81. The number of carbonyl (C=O) groups is 2. The van der Waals surface area contributed by atoms with E-state index in [2.05, 4.69) is 40.6 Å². The van der Waals surface area contributed by atoms with Crippen molar-refractivity contribution in [1.82, 2.24) is 10.9 Å². The van der Waals surface area contributed by atoms with Gasteiger partial charge in [-0.05, 0) is 61.1 Å². The minimum absolute atomic E-state index is 0.212. The predicted molar refractivity (Wildman–Crippen MR) is 121 cm³/mol. The van der Waals surface area contributed by atoms with Crippen molar-refractivity contribution < 1.29 is 19.1 Å². The molecule has 6 nitrogen and oxygen atoms in total. The van der Waals surface area contributed by atoms with Crippen LogP contribution in [0.4, 0.5) is 0 Å². The number of aryl methyl sites for hydroxylation is 1. The Morgan fingerprint density at radius 1 is 1.07 bits per heavy atom. The topological polar surface area (TPSA) is 76.7 Å². The van der Waals surface area contributed by atoms with Crippen molar-refractivity contribution in [3.63, 3.8) is 0 Å². The Morgan fingerprint density at radius 2 is 1.80 bits per heavy atom. The van der Waals surface area contributed by atoms with Gasteiger partial charge in [-0.15, -0.1) is 0 Å². The van der Waals surface area contributed by atoms with E-state index < -0.39 is 17.9 Å². The fraction of sp³-hybridized carbons (Fsp3) is 0.391. The monoisotopic (exact) mass is 476 g/mol. The summed E-state index contributed by atoms with van der Waals surface area (Å²) in [5, 5.41) is 0. The van der Waals surface area contributed by atoms with Crippen LogP contribution in [0.1, 0.15) is 50.7 Å². The molecule has 2 aromatic rings. The number of hydrogen-bond donors (Lipinski definition) is 2. The number of benzene rings is 2. The summed E-state index contributed by atoms with van der Waals surface area (Å²) >= 11 is 3.42. The van der Waals surface area contributed by atoms with Crippen molar-refractivity contribution in [2.75, 3.05) is 6.61 Å². The van der Waals surface area contributed by atoms with E-state index in [0.717, 1.165) is 22.0 Å². The summed E-state index contributed by atoms with van der Waals surface area (Å²) < 4.78 is 12.4. The number of hydrazine groups is 1. The molecule has 7 heteroatoms. The molecule has 2 rings (SSSR count). The van der Waals surface area contributed by atoms with Crippen LogP contribution in [0.25, 0.3) is 0 Å². The van der Waals surface area contributed by atoms with Gasteiger partial charge in [0, 0.05) is 4.47 Å². The standard InChI is InChI=1S/C23H29BrN2O4/c1-5-15(3)18-9-7-8-10-21(18)30-20(6-2)23(28)26-25-22(27)14-29-17-11-12-19(24)16(4)13-17/h7-13,15,20H,5-6,14H2,1-4H3,(H,25,27)(H,26,28). The zero-order valence-electron chi connectivity index (χ0n) is 17.8. The molecule has 2 aromatic carbocycles. The Morgan fingerprint density at radius 3 is 2.47 bits per heavy atom. The largest absolute Gasteiger partial charge is 0.484 e. The van der Waals surface area contributed by atoms with Gasteiger partial charge >= 0.3 is 0 Å². The van der Waals surface area contributed by atoms with E-state index in [1.807, 2.05) is 50.2 Å². The second kappa shape index (κ2) is 11.6. The zero-order chi connectivity index (χ0) is 22.1. The number of para-hydroxylation sites is 1. The first kappa shape index (κ1) is 23.7. The number of halogens is 1. The van der Waals surface area contributed by atoms with Gasteiger partial charge in [0.1, 0.15) is 11.5 Å². The third kappa shape index (κ3) is 6.76. The molecule has 0 aromatic heterocycles. The maximum Gasteiger partial charge on any atom is 0.279 e. The van der Waals surface area contributed by atoms with Crippen molar-refractivity contribution in [1.29, 1.82) is 0 Å². The van der Waals surface area contributed by atoms with Crippen molar-refractivity contribution in [3.8, 4) is 11.5 Å². The van der Waals surface area contributed by atoms with Gasteiger partial charge in [-0.3, -0.25) is 20.4 Å². The summed E-state index contributed by atoms with van der Waals surface area (Å²) in [5.74, 6) is 0.714. The molecule has 0 bridgehead atoms. The molecular formula is C23H29BrN2O4. The number of rotatable bonds is 9. The van der Waals surface area contributed by atoms with Crippen LogP contribution >= 0.6 is 15.9 Å². The normalized spacial score (nSPS) is 12.6. The van der Waals surface area contributed by atoms with Gasteiger partial charge in [0.15, 0.2) is 12.7 Å². The minimum atomic E-state index is -0.717. The van der Waals surface area contributed by atoms with Gasteiger partial charge in [-0.25, -0.2) is 0 Å². The van der Waals surface area contributed by atoms with E-state index in [-0.39, 0.29) is 6.61 Å². The van der Waals surface area contributed by atoms with Crippen LogP contribution in [-0.4, -0.2) is 24.5 Å². The molecule has 0 fully saturated rings. The van der Waals surface area contributed by atoms with E-state index in [9.17, 15) is 9.59 Å². The second-order valence-electron chi connectivity index (χ2n) is 7.10. The first-order valence-corrected chi connectivity index (χ1v) is 10.9. The highest BCUT2D eigenvalue weighted by atomic mass is 79.9. The van der Waals surface area contributed by atoms with Crippen LogP contribution in [0.15, 0.2) is 46.9 Å². The molecule has 162 valence electrons. The molecule has 0 aliphatic rings. The molecule has 2 amide bonds. The highest BCUT2D eigenvalue weighted by Crippen LogP contribution is 2.29. The molecule has 2 unspecified atom stereocenters. The quantitative estimate of drug-likeness (QED) is 0.516. The first-order valence-electron chi connectivity index (χ1n) is 10.1. The van der Waals surface area contributed by atoms with Gasteiger partial charge in [0.25, 0.3) is 11.8 Å². The lowest BCUT2D eigenvalue weighted by atomic mass is 9.98. The van der Waals surface area contributed by atoms with Crippen molar-refractivity contribution in [3.05, 3.63) is 58.1 Å². The Kier molecular flexibility index (Phi) is 9.17. The fourth-order valence-electron chi connectivity index (χ4n) is 2.79. The highest BCUT2D eigenvalue weighted by Gasteiger charge is 2.21. The smallest absolute Gasteiger partial charge is 0.279 e. The molecular weight excluding hydrogens is 448 g/mol. The summed E-state index contributed by atoms with van der Waals surface area (Å²) in [6.07, 6.45) is 0.716. The molecule has 0 radical (unpaired) electrons. The minimum Gasteiger partial charge on any atom is -0.484 e. The fourth-order valence-corrected chi connectivity index (χ4v) is 3.04. The highest BCUT2D eigenvalue weighted by molar-refractivity contribution is 9.10. The van der Waals surface area contributed by atoms with Crippen LogP contribution in [0.3, 0.4) is 0 Å². The predicted octanol–water partition coefficient (Wildman–Crippen LogP) is 4.65. The van der Waals surface area contributed by atoms with Crippen LogP contribution < -0.4 is 20.3 Å². The molecule has 2 N–H and O–H groups in total. The Bertz CT molecular complexity index is 872. The summed E-state index contributed by atoms with van der Waals surface area (Å²) in [5.41, 5.74) is 6.86. The molecule has 0 heterocycles. The third-order valence-electron chi connectivity index (χ3n) is 4.82. The van der Waals surface area contributed by atoms with E-state index >= 15 is 0 Å². The Hall–Kier alpha value is -2.54. The summed E-state index contributed by atoms with van der Waals surface area (Å²) in [7, 11) is 0. The number of amides is 2. The van der Waals surface area contributed by atoms with Gasteiger partial charge in [-0.2, -0.15) is 0 Å². The van der Waals surface area contributed by atoms with E-state index in [1.54, 1.807) is 6.07 Å². The average Bonchev–Trinajstić information content (AvgIpc) is 2.76. The zero-order valence-corrected chi connectivity index (χ0v) is 19.4. The second-order valence-corrected chi connectivity index (χ2v) is 7.95. The van der Waals surface area contributed by atoms with E-state index in [1.165, 1.54) is 0 Å². The van der Waals surface area contributed by atoms with Crippen LogP contribution in [0, 0.1) is 6.92 Å². The van der Waals surface area contributed by atoms with Gasteiger partial charge < -0.3 is 9.47 Å². The van der Waals surface area contributed by atoms with Gasteiger partial charge in [0.05, 0.1) is 0 Å². The maximum atomic E-state index is 12.5. The van der Waals surface area contributed by atoms with Gasteiger partial charge in [0.2, 0.25) is 0 Å². The van der Waals surface area contributed by atoms with Crippen LogP contribution in [0.5, 0.6) is 11.5 Å². The molecule has 0 aliphatic heterocycles. The van der Waals surface area contributed by atoms with Crippen molar-refractivity contribution in [2.24, 2.45) is 0 Å². The summed E-state index contributed by atoms with van der Waals surface area (Å²) in [6, 6.07) is 13.2. The van der Waals surface area contributed by atoms with Crippen LogP contribution in [0.2, 0.25) is 0 Å². The Balaban J connectivity index is 1.88. The molecule has 0 saturated carbocycles. The van der Waals surface area contributed by atoms with E-state index in [0.29, 0.717) is 23.8 Å². The van der Waals surface area contributed by atoms with Crippen molar-refractivity contribution >= 4 is 27.7 Å². The SMILES string of the molecule is CCC(Oc1ccccc1C(C)CC)C(=O)NNC(=O)COc1ccc(Br)c(C)c1. The number of nitrogens with one attached hydrogen (secondary N) is 2. The third-order valence-corrected chi connectivity index (χ3v) is 5.71. The molecule has 2 atom stereocenters. The summed E-state index contributed by atoms with van der Waals surface area (Å²) in [4.78, 5) is 24.5. The first-order chi connectivity index (χ1) is 14.3. The average molecular weight is 477 g/mol. The number of hydrogen-bond acceptors (Lipinski definition) is 4. The lowest BCUT2D eigenvalue weighted by Crippen LogP contribution is -2.49. The maximum absolute atomic E-state index is 12.5. The molecule has 0 spiro atoms. The van der Waals surface area contributed by atoms with E-state index in [4.69, 9.17) is 9.47 Å². The Labute approximate surface area is 186 Å². The lowest BCUT2D eigenvalue weighted by molar-refractivity contribution is -0.134. The number of ether oxygens (including phenoxy) is 2. The lowest BCUT2D eigenvalue weighted by Gasteiger charge is -2.21. The number of carbonyl (C=O) groups excluding carboxylic acids is 2. The molecule has 0 aliphatic carbocycles. The van der Waals surface area contributed by atoms with Gasteiger partial charge in [-0.1, -0.05) is 54.9 Å². The molecule has 0 saturated heterocycles.